The predicted molar refractivity (Wildman–Crippen MR) is 113 cm³/mol. The Hall–Kier alpha value is -2.09. The second-order valence-corrected chi connectivity index (χ2v) is 9.03. The first-order valence-electron chi connectivity index (χ1n) is 9.64. The van der Waals surface area contributed by atoms with Gasteiger partial charge in [0.05, 0.1) is 0 Å². The fourth-order valence-electron chi connectivity index (χ4n) is 2.47. The third-order valence-electron chi connectivity index (χ3n) is 3.86. The van der Waals surface area contributed by atoms with Crippen LogP contribution in [0.15, 0.2) is 24.3 Å². The zero-order valence-electron chi connectivity index (χ0n) is 17.8. The summed E-state index contributed by atoms with van der Waals surface area (Å²) in [5.41, 5.74) is 0.343. The molecule has 0 spiro atoms. The summed E-state index contributed by atoms with van der Waals surface area (Å²) in [5, 5.41) is 2.65. The molecule has 0 saturated carbocycles. The fraction of sp³-hybridized carbons (Fsp3) is 0.571. The lowest BCUT2D eigenvalue weighted by molar-refractivity contribution is -0.156. The highest BCUT2D eigenvalue weighted by molar-refractivity contribution is 8.13. The third kappa shape index (κ3) is 10.9. The van der Waals surface area contributed by atoms with Gasteiger partial charge >= 0.3 is 12.0 Å². The highest BCUT2D eigenvalue weighted by Crippen LogP contribution is 2.10. The Morgan fingerprint density at radius 2 is 1.79 bits per heavy atom. The molecule has 1 aromatic carbocycles. The number of benzene rings is 1. The van der Waals surface area contributed by atoms with E-state index in [-0.39, 0.29) is 17.0 Å². The van der Waals surface area contributed by atoms with Crippen molar-refractivity contribution in [2.45, 2.75) is 59.1 Å². The monoisotopic (exact) mass is 426 g/mol. The van der Waals surface area contributed by atoms with Gasteiger partial charge < -0.3 is 15.0 Å². The Balaban J connectivity index is 2.63. The number of rotatable bonds is 9. The molecular formula is C21H31FN2O4S. The number of carbonyl (C=O) groups excluding carboxylic acids is 3. The number of ether oxygens (including phenoxy) is 1. The van der Waals surface area contributed by atoms with Crippen molar-refractivity contribution in [2.24, 2.45) is 0 Å². The molecule has 1 atom stereocenters. The molecule has 0 aliphatic rings. The van der Waals surface area contributed by atoms with Crippen molar-refractivity contribution in [1.29, 1.82) is 0 Å². The van der Waals surface area contributed by atoms with Crippen LogP contribution in [0.25, 0.3) is 0 Å². The van der Waals surface area contributed by atoms with Crippen LogP contribution in [0.3, 0.4) is 0 Å². The zero-order valence-corrected chi connectivity index (χ0v) is 18.6. The van der Waals surface area contributed by atoms with E-state index in [2.05, 4.69) is 5.32 Å². The van der Waals surface area contributed by atoms with E-state index in [1.165, 1.54) is 19.1 Å². The van der Waals surface area contributed by atoms with Gasteiger partial charge in [0, 0.05) is 25.8 Å². The Morgan fingerprint density at radius 1 is 1.17 bits per heavy atom. The Labute approximate surface area is 176 Å². The molecule has 0 radical (unpaired) electrons. The van der Waals surface area contributed by atoms with Gasteiger partial charge in [0.25, 0.3) is 0 Å². The van der Waals surface area contributed by atoms with Crippen molar-refractivity contribution in [2.75, 3.05) is 18.8 Å². The van der Waals surface area contributed by atoms with E-state index in [0.29, 0.717) is 31.7 Å². The summed E-state index contributed by atoms with van der Waals surface area (Å²) in [4.78, 5) is 37.5. The molecule has 0 heterocycles. The van der Waals surface area contributed by atoms with Gasteiger partial charge in [-0.2, -0.15) is 0 Å². The standard InChI is InChI=1S/C21H31FN2O4S/c1-15(19(26)28-21(3,4)5)23-20(27)24(13-14-29-16(2)25)12-6-7-17-8-10-18(22)11-9-17/h8-11,15H,6-7,12-14H2,1-5H3,(H,23,27). The van der Waals surface area contributed by atoms with E-state index in [1.54, 1.807) is 44.7 Å². The molecule has 0 fully saturated rings. The molecule has 1 unspecified atom stereocenters. The first-order valence-corrected chi connectivity index (χ1v) is 10.6. The van der Waals surface area contributed by atoms with Gasteiger partial charge in [-0.05, 0) is 58.2 Å². The highest BCUT2D eigenvalue weighted by atomic mass is 32.2. The largest absolute Gasteiger partial charge is 0.458 e. The van der Waals surface area contributed by atoms with Crippen LogP contribution < -0.4 is 5.32 Å². The Bertz CT molecular complexity index is 689. The number of halogens is 1. The minimum absolute atomic E-state index is 0.0150. The summed E-state index contributed by atoms with van der Waals surface area (Å²) in [6, 6.07) is 5.08. The molecule has 0 saturated heterocycles. The number of thioether (sulfide) groups is 1. The normalized spacial score (nSPS) is 12.2. The lowest BCUT2D eigenvalue weighted by Crippen LogP contribution is -2.49. The number of hydrogen-bond acceptors (Lipinski definition) is 5. The number of hydrogen-bond donors (Lipinski definition) is 1. The zero-order chi connectivity index (χ0) is 22.0. The average Bonchev–Trinajstić information content (AvgIpc) is 2.60. The highest BCUT2D eigenvalue weighted by Gasteiger charge is 2.24. The predicted octanol–water partition coefficient (Wildman–Crippen LogP) is 3.78. The molecule has 0 aromatic heterocycles. The Kier molecular flexibility index (Phi) is 10.2. The van der Waals surface area contributed by atoms with Crippen LogP contribution in [0.5, 0.6) is 0 Å². The quantitative estimate of drug-likeness (QED) is 0.608. The molecule has 1 N–H and O–H groups in total. The molecule has 1 rings (SSSR count). The molecule has 0 aliphatic heterocycles. The molecule has 1 aromatic rings. The van der Waals surface area contributed by atoms with E-state index < -0.39 is 17.6 Å². The maximum Gasteiger partial charge on any atom is 0.328 e. The second kappa shape index (κ2) is 11.8. The maximum absolute atomic E-state index is 13.0. The summed E-state index contributed by atoms with van der Waals surface area (Å²) in [5.74, 6) is -0.317. The van der Waals surface area contributed by atoms with Gasteiger partial charge in [-0.25, -0.2) is 14.0 Å². The van der Waals surface area contributed by atoms with Gasteiger partial charge in [-0.3, -0.25) is 4.79 Å². The number of amides is 2. The van der Waals surface area contributed by atoms with E-state index >= 15 is 0 Å². The number of nitrogens with zero attached hydrogens (tertiary/aromatic N) is 1. The third-order valence-corrected chi connectivity index (χ3v) is 4.65. The molecule has 8 heteroatoms. The average molecular weight is 427 g/mol. The van der Waals surface area contributed by atoms with Crippen LogP contribution in [-0.2, 0) is 20.7 Å². The van der Waals surface area contributed by atoms with Crippen LogP contribution in [0.1, 0.15) is 46.6 Å². The topological polar surface area (TPSA) is 75.7 Å². The number of esters is 1. The molecular weight excluding hydrogens is 395 g/mol. The molecule has 0 bridgehead atoms. The van der Waals surface area contributed by atoms with Crippen molar-refractivity contribution in [3.63, 3.8) is 0 Å². The maximum atomic E-state index is 13.0. The summed E-state index contributed by atoms with van der Waals surface area (Å²) in [7, 11) is 0. The number of carbonyl (C=O) groups is 3. The van der Waals surface area contributed by atoms with Crippen LogP contribution in [0, 0.1) is 5.82 Å². The smallest absolute Gasteiger partial charge is 0.328 e. The molecule has 2 amide bonds. The SMILES string of the molecule is CC(=O)SCCN(CCCc1ccc(F)cc1)C(=O)NC(C)C(=O)OC(C)(C)C. The van der Waals surface area contributed by atoms with Gasteiger partial charge in [0.15, 0.2) is 5.12 Å². The number of aryl methyl sites for hydroxylation is 1. The summed E-state index contributed by atoms with van der Waals surface area (Å²) >= 11 is 1.15. The van der Waals surface area contributed by atoms with Crippen LogP contribution in [0.2, 0.25) is 0 Å². The second-order valence-electron chi connectivity index (χ2n) is 7.76. The van der Waals surface area contributed by atoms with Crippen LogP contribution >= 0.6 is 11.8 Å². The van der Waals surface area contributed by atoms with Crippen molar-refractivity contribution in [3.8, 4) is 0 Å². The van der Waals surface area contributed by atoms with Crippen molar-refractivity contribution >= 4 is 28.9 Å². The summed E-state index contributed by atoms with van der Waals surface area (Å²) in [6.07, 6.45) is 1.36. The lowest BCUT2D eigenvalue weighted by Gasteiger charge is -2.26. The number of urea groups is 1. The van der Waals surface area contributed by atoms with Gasteiger partial charge in [-0.1, -0.05) is 23.9 Å². The van der Waals surface area contributed by atoms with E-state index in [1.807, 2.05) is 0 Å². The molecule has 29 heavy (non-hydrogen) atoms. The summed E-state index contributed by atoms with van der Waals surface area (Å²) < 4.78 is 18.3. The fourth-order valence-corrected chi connectivity index (χ4v) is 3.06. The van der Waals surface area contributed by atoms with Gasteiger partial charge in [0.2, 0.25) is 0 Å². The molecule has 0 aliphatic carbocycles. The van der Waals surface area contributed by atoms with Gasteiger partial charge in [0.1, 0.15) is 17.5 Å². The van der Waals surface area contributed by atoms with Crippen molar-refractivity contribution < 1.29 is 23.5 Å². The van der Waals surface area contributed by atoms with E-state index in [9.17, 15) is 18.8 Å². The van der Waals surface area contributed by atoms with Crippen molar-refractivity contribution in [3.05, 3.63) is 35.6 Å². The summed E-state index contributed by atoms with van der Waals surface area (Å²) in [6.45, 7) is 9.17. The van der Waals surface area contributed by atoms with E-state index in [4.69, 9.17) is 4.74 Å². The van der Waals surface area contributed by atoms with Crippen molar-refractivity contribution in [1.82, 2.24) is 10.2 Å². The minimum atomic E-state index is -0.790. The van der Waals surface area contributed by atoms with Crippen LogP contribution in [0.4, 0.5) is 9.18 Å². The van der Waals surface area contributed by atoms with Gasteiger partial charge in [-0.15, -0.1) is 0 Å². The Morgan fingerprint density at radius 3 is 2.34 bits per heavy atom. The minimum Gasteiger partial charge on any atom is -0.458 e. The lowest BCUT2D eigenvalue weighted by atomic mass is 10.1. The molecule has 6 nitrogen and oxygen atoms in total. The van der Waals surface area contributed by atoms with Crippen LogP contribution in [-0.4, -0.2) is 52.5 Å². The van der Waals surface area contributed by atoms with E-state index in [0.717, 1.165) is 17.3 Å². The first kappa shape index (κ1) is 24.9. The first-order chi connectivity index (χ1) is 13.5. The molecule has 162 valence electrons. The number of nitrogens with one attached hydrogen (secondary N) is 1.